The predicted octanol–water partition coefficient (Wildman–Crippen LogP) is 3.78. The van der Waals surface area contributed by atoms with Crippen molar-refractivity contribution in [3.63, 3.8) is 0 Å². The van der Waals surface area contributed by atoms with Crippen molar-refractivity contribution in [1.82, 2.24) is 9.97 Å². The second-order valence-electron chi connectivity index (χ2n) is 8.76. The van der Waals surface area contributed by atoms with E-state index in [-0.39, 0.29) is 41.4 Å². The molecule has 1 aromatic heterocycles. The molecule has 0 amide bonds. The van der Waals surface area contributed by atoms with Gasteiger partial charge in [0.2, 0.25) is 0 Å². The molecule has 4 atom stereocenters. The summed E-state index contributed by atoms with van der Waals surface area (Å²) in [6.07, 6.45) is -2.23. The minimum atomic E-state index is -1.02. The van der Waals surface area contributed by atoms with Crippen molar-refractivity contribution in [2.45, 2.75) is 24.4 Å². The zero-order valence-corrected chi connectivity index (χ0v) is 18.7. The molecule has 0 aliphatic carbocycles. The Labute approximate surface area is 203 Å². The first-order valence-electron chi connectivity index (χ1n) is 11.3. The van der Waals surface area contributed by atoms with Crippen LogP contribution < -0.4 is 4.74 Å². The van der Waals surface area contributed by atoms with E-state index in [2.05, 4.69) is 9.97 Å². The maximum absolute atomic E-state index is 15.4. The Hall–Kier alpha value is -3.86. The molecule has 0 saturated carbocycles. The summed E-state index contributed by atoms with van der Waals surface area (Å²) in [7, 11) is 0. The summed E-state index contributed by atoms with van der Waals surface area (Å²) in [6.45, 7) is 0.321. The Morgan fingerprint density at radius 2 is 1.61 bits per heavy atom. The summed E-state index contributed by atoms with van der Waals surface area (Å²) in [6, 6.07) is 14.1. The number of aliphatic hydroxyl groups excluding tert-OH is 1. The average molecular weight is 494 g/mol. The molecule has 184 valence electrons. The first kappa shape index (κ1) is 22.6. The van der Waals surface area contributed by atoms with E-state index >= 15 is 4.39 Å². The third-order valence-corrected chi connectivity index (χ3v) is 6.53. The Kier molecular flexibility index (Phi) is 5.44. The molecule has 0 bridgehead atoms. The first-order valence-corrected chi connectivity index (χ1v) is 11.3. The van der Waals surface area contributed by atoms with Gasteiger partial charge in [0.05, 0.1) is 29.9 Å². The van der Waals surface area contributed by atoms with Crippen LogP contribution in [0, 0.1) is 11.6 Å². The maximum atomic E-state index is 15.4. The SMILES string of the molecule is O=C(O)c1ccc(-c2ccc(-c3c(F)cc4[nH]c(OC5COC6C(O)COC56)nc4c3F)cc2)cc1. The van der Waals surface area contributed by atoms with E-state index in [9.17, 15) is 14.3 Å². The lowest BCUT2D eigenvalue weighted by atomic mass is 9.98. The topological polar surface area (TPSA) is 114 Å². The van der Waals surface area contributed by atoms with Crippen molar-refractivity contribution in [2.75, 3.05) is 13.2 Å². The lowest BCUT2D eigenvalue weighted by Gasteiger charge is -2.15. The molecule has 2 aliphatic rings. The van der Waals surface area contributed by atoms with Crippen LogP contribution in [-0.4, -0.2) is 63.8 Å². The van der Waals surface area contributed by atoms with Crippen LogP contribution in [0.2, 0.25) is 0 Å². The molecule has 2 saturated heterocycles. The van der Waals surface area contributed by atoms with Crippen LogP contribution in [0.5, 0.6) is 6.01 Å². The van der Waals surface area contributed by atoms with Gasteiger partial charge in [0, 0.05) is 6.07 Å². The first-order chi connectivity index (χ1) is 17.4. The summed E-state index contributed by atoms with van der Waals surface area (Å²) in [5.74, 6) is -2.61. The number of carbonyl (C=O) groups is 1. The van der Waals surface area contributed by atoms with Crippen LogP contribution in [0.4, 0.5) is 8.78 Å². The Bertz CT molecular complexity index is 1450. The number of carboxylic acids is 1. The van der Waals surface area contributed by atoms with E-state index in [4.69, 9.17) is 19.3 Å². The number of aromatic nitrogens is 2. The molecular weight excluding hydrogens is 474 g/mol. The van der Waals surface area contributed by atoms with Gasteiger partial charge in [-0.25, -0.2) is 13.6 Å². The number of halogens is 2. The number of hydrogen-bond acceptors (Lipinski definition) is 6. The summed E-state index contributed by atoms with van der Waals surface area (Å²) in [4.78, 5) is 18.0. The minimum absolute atomic E-state index is 0.000143. The van der Waals surface area contributed by atoms with Gasteiger partial charge in [-0.3, -0.25) is 0 Å². The van der Waals surface area contributed by atoms with Crippen LogP contribution in [0.25, 0.3) is 33.3 Å². The number of imidazole rings is 1. The van der Waals surface area contributed by atoms with E-state index in [1.165, 1.54) is 12.1 Å². The smallest absolute Gasteiger partial charge is 0.335 e. The van der Waals surface area contributed by atoms with Gasteiger partial charge in [0.15, 0.2) is 11.9 Å². The molecule has 36 heavy (non-hydrogen) atoms. The van der Waals surface area contributed by atoms with Crippen LogP contribution >= 0.6 is 0 Å². The number of aromatic amines is 1. The van der Waals surface area contributed by atoms with E-state index < -0.39 is 42.0 Å². The number of H-pyrrole nitrogens is 1. The zero-order valence-electron chi connectivity index (χ0n) is 18.7. The monoisotopic (exact) mass is 494 g/mol. The minimum Gasteiger partial charge on any atom is -0.478 e. The molecule has 4 unspecified atom stereocenters. The standard InChI is InChI=1S/C26H20F2N2O6/c27-16-9-17-22(30-26(29-17)36-19-11-35-23-18(31)10-34-24(19)23)21(28)20(16)14-5-1-12(2-6-14)13-3-7-15(8-4-13)25(32)33/h1-9,18-19,23-24,31H,10-11H2,(H,29,30)(H,32,33). The highest BCUT2D eigenvalue weighted by Crippen LogP contribution is 2.34. The van der Waals surface area contributed by atoms with E-state index in [1.807, 2.05) is 0 Å². The number of aliphatic hydroxyl groups is 1. The maximum Gasteiger partial charge on any atom is 0.335 e. The highest BCUT2D eigenvalue weighted by atomic mass is 19.1. The van der Waals surface area contributed by atoms with Crippen molar-refractivity contribution in [3.8, 4) is 28.3 Å². The largest absolute Gasteiger partial charge is 0.478 e. The lowest BCUT2D eigenvalue weighted by molar-refractivity contribution is 0.00706. The molecule has 3 N–H and O–H groups in total. The van der Waals surface area contributed by atoms with Crippen molar-refractivity contribution in [2.24, 2.45) is 0 Å². The van der Waals surface area contributed by atoms with Gasteiger partial charge in [0.25, 0.3) is 6.01 Å². The number of ether oxygens (including phenoxy) is 3. The van der Waals surface area contributed by atoms with Gasteiger partial charge in [-0.15, -0.1) is 0 Å². The van der Waals surface area contributed by atoms with Crippen molar-refractivity contribution >= 4 is 17.0 Å². The third-order valence-electron chi connectivity index (χ3n) is 6.53. The Morgan fingerprint density at radius 3 is 2.31 bits per heavy atom. The number of nitrogens with one attached hydrogen (secondary N) is 1. The van der Waals surface area contributed by atoms with Gasteiger partial charge in [-0.05, 0) is 28.8 Å². The number of aromatic carboxylic acids is 1. The molecule has 0 radical (unpaired) electrons. The molecule has 3 heterocycles. The van der Waals surface area contributed by atoms with Crippen LogP contribution in [0.1, 0.15) is 10.4 Å². The fraction of sp³-hybridized carbons (Fsp3) is 0.231. The molecule has 6 rings (SSSR count). The molecular formula is C26H20F2N2O6. The second-order valence-corrected chi connectivity index (χ2v) is 8.76. The molecule has 10 heteroatoms. The highest BCUT2D eigenvalue weighted by Gasteiger charge is 2.48. The number of carboxylic acid groups (broad SMARTS) is 1. The summed E-state index contributed by atoms with van der Waals surface area (Å²) >= 11 is 0. The van der Waals surface area contributed by atoms with Gasteiger partial charge >= 0.3 is 5.97 Å². The Balaban J connectivity index is 1.27. The molecule has 8 nitrogen and oxygen atoms in total. The number of rotatable bonds is 5. The second kappa shape index (κ2) is 8.66. The fourth-order valence-corrected chi connectivity index (χ4v) is 4.70. The van der Waals surface area contributed by atoms with Gasteiger partial charge in [0.1, 0.15) is 29.6 Å². The number of hydrogen-bond donors (Lipinski definition) is 3. The predicted molar refractivity (Wildman–Crippen MR) is 124 cm³/mol. The zero-order chi connectivity index (χ0) is 25.0. The highest BCUT2D eigenvalue weighted by molar-refractivity contribution is 5.88. The van der Waals surface area contributed by atoms with Crippen LogP contribution in [-0.2, 0) is 9.47 Å². The average Bonchev–Trinajstić information content (AvgIpc) is 3.57. The van der Waals surface area contributed by atoms with Gasteiger partial charge < -0.3 is 29.4 Å². The van der Waals surface area contributed by atoms with E-state index in [0.717, 1.165) is 17.2 Å². The normalized spacial score (nSPS) is 23.2. The van der Waals surface area contributed by atoms with Crippen LogP contribution in [0.3, 0.4) is 0 Å². The summed E-state index contributed by atoms with van der Waals surface area (Å²) < 4.78 is 47.3. The Morgan fingerprint density at radius 1 is 0.972 bits per heavy atom. The van der Waals surface area contributed by atoms with Crippen molar-refractivity contribution in [3.05, 3.63) is 71.8 Å². The summed E-state index contributed by atoms with van der Waals surface area (Å²) in [5.41, 5.74) is 1.88. The molecule has 0 spiro atoms. The molecule has 4 aromatic rings. The van der Waals surface area contributed by atoms with Crippen LogP contribution in [0.15, 0.2) is 54.6 Å². The number of benzene rings is 3. The summed E-state index contributed by atoms with van der Waals surface area (Å²) in [5, 5.41) is 18.9. The van der Waals surface area contributed by atoms with E-state index in [1.54, 1.807) is 36.4 Å². The van der Waals surface area contributed by atoms with Crippen molar-refractivity contribution in [1.29, 1.82) is 0 Å². The van der Waals surface area contributed by atoms with Gasteiger partial charge in [-0.2, -0.15) is 4.98 Å². The fourth-order valence-electron chi connectivity index (χ4n) is 4.70. The van der Waals surface area contributed by atoms with Gasteiger partial charge in [-0.1, -0.05) is 36.4 Å². The van der Waals surface area contributed by atoms with Crippen molar-refractivity contribution < 1.29 is 38.0 Å². The molecule has 2 aliphatic heterocycles. The molecule has 2 fully saturated rings. The third kappa shape index (κ3) is 3.79. The number of fused-ring (bicyclic) bond motifs is 2. The molecule has 3 aromatic carbocycles. The lowest BCUT2D eigenvalue weighted by Crippen LogP contribution is -2.34. The number of nitrogens with zero attached hydrogens (tertiary/aromatic N) is 1. The van der Waals surface area contributed by atoms with E-state index in [0.29, 0.717) is 5.56 Å². The quantitative estimate of drug-likeness (QED) is 0.387.